The molecule has 1 amide bonds. The molecular weight excluding hydrogens is 480 g/mol. The van der Waals surface area contributed by atoms with Gasteiger partial charge in [0.25, 0.3) is 5.56 Å². The molecule has 1 aromatic carbocycles. The Labute approximate surface area is 223 Å². The molecule has 0 spiro atoms. The Hall–Kier alpha value is -4.05. The Kier molecular flexibility index (Phi) is 8.21. The van der Waals surface area contributed by atoms with Gasteiger partial charge in [0, 0.05) is 37.1 Å². The SMILES string of the molecule is C=CCn1c(=O)c2cnc(Nc3ccc4c(c3)CN(C(C)C)CC4)nc2n1C(/C=C\C)=N/N(C=O)C(C)C. The number of carbonyl (C=O) groups excluding carboxylic acids is 1. The molecule has 2 aromatic heterocycles. The van der Waals surface area contributed by atoms with Crippen molar-refractivity contribution in [3.63, 3.8) is 0 Å². The van der Waals surface area contributed by atoms with E-state index in [2.05, 4.69) is 52.9 Å². The number of carbonyl (C=O) groups is 1. The van der Waals surface area contributed by atoms with Crippen LogP contribution in [0.25, 0.3) is 11.0 Å². The number of fused-ring (bicyclic) bond motifs is 2. The molecule has 10 heteroatoms. The quantitative estimate of drug-likeness (QED) is 0.152. The number of nitrogens with zero attached hydrogens (tertiary/aromatic N) is 7. The van der Waals surface area contributed by atoms with Gasteiger partial charge in [0.15, 0.2) is 11.5 Å². The molecule has 0 unspecified atom stereocenters. The fraction of sp³-hybridized carbons (Fsp3) is 0.393. The zero-order chi connectivity index (χ0) is 27.4. The van der Waals surface area contributed by atoms with Gasteiger partial charge in [0.1, 0.15) is 5.39 Å². The van der Waals surface area contributed by atoms with Crippen molar-refractivity contribution in [3.8, 4) is 0 Å². The van der Waals surface area contributed by atoms with Crippen LogP contribution in [-0.4, -0.2) is 60.1 Å². The zero-order valence-corrected chi connectivity index (χ0v) is 22.8. The molecule has 0 aliphatic carbocycles. The highest BCUT2D eigenvalue weighted by atomic mass is 16.1. The first-order valence-electron chi connectivity index (χ1n) is 12.9. The first-order chi connectivity index (χ1) is 18.3. The van der Waals surface area contributed by atoms with E-state index >= 15 is 0 Å². The van der Waals surface area contributed by atoms with Crippen LogP contribution in [0.4, 0.5) is 11.6 Å². The normalized spacial score (nSPS) is 14.4. The van der Waals surface area contributed by atoms with Crippen LogP contribution in [0.15, 0.2) is 59.1 Å². The van der Waals surface area contributed by atoms with Crippen molar-refractivity contribution in [2.75, 3.05) is 11.9 Å². The predicted molar refractivity (Wildman–Crippen MR) is 152 cm³/mol. The second-order valence-electron chi connectivity index (χ2n) is 9.88. The van der Waals surface area contributed by atoms with E-state index in [0.717, 1.165) is 25.2 Å². The van der Waals surface area contributed by atoms with Crippen LogP contribution in [0.2, 0.25) is 0 Å². The molecule has 0 saturated heterocycles. The van der Waals surface area contributed by atoms with Crippen LogP contribution < -0.4 is 10.9 Å². The van der Waals surface area contributed by atoms with Gasteiger partial charge in [0.2, 0.25) is 12.4 Å². The summed E-state index contributed by atoms with van der Waals surface area (Å²) in [6.45, 7) is 16.0. The number of hydrogen-bond donors (Lipinski definition) is 1. The maximum Gasteiger partial charge on any atom is 0.278 e. The Morgan fingerprint density at radius 1 is 1.26 bits per heavy atom. The minimum Gasteiger partial charge on any atom is -0.324 e. The second-order valence-corrected chi connectivity index (χ2v) is 9.88. The van der Waals surface area contributed by atoms with E-state index in [4.69, 9.17) is 4.98 Å². The summed E-state index contributed by atoms with van der Waals surface area (Å²) in [4.78, 5) is 36.6. The zero-order valence-electron chi connectivity index (χ0n) is 22.8. The fourth-order valence-corrected chi connectivity index (χ4v) is 4.51. The second kappa shape index (κ2) is 11.6. The van der Waals surface area contributed by atoms with Crippen molar-refractivity contribution >= 4 is 34.9 Å². The van der Waals surface area contributed by atoms with E-state index in [1.807, 2.05) is 26.8 Å². The van der Waals surface area contributed by atoms with E-state index in [0.29, 0.717) is 35.3 Å². The number of allylic oxidation sites excluding steroid dienone is 3. The average Bonchev–Trinajstić information content (AvgIpc) is 3.16. The number of rotatable bonds is 9. The maximum absolute atomic E-state index is 13.3. The molecule has 0 radical (unpaired) electrons. The largest absolute Gasteiger partial charge is 0.324 e. The monoisotopic (exact) mass is 516 g/mol. The Bertz CT molecular complexity index is 1450. The number of aromatic nitrogens is 4. The van der Waals surface area contributed by atoms with E-state index < -0.39 is 0 Å². The van der Waals surface area contributed by atoms with E-state index in [1.165, 1.54) is 27.0 Å². The molecule has 38 heavy (non-hydrogen) atoms. The van der Waals surface area contributed by atoms with Crippen molar-refractivity contribution in [2.24, 2.45) is 5.10 Å². The molecule has 1 aliphatic heterocycles. The lowest BCUT2D eigenvalue weighted by atomic mass is 9.98. The van der Waals surface area contributed by atoms with Gasteiger partial charge in [-0.1, -0.05) is 18.2 Å². The molecule has 0 saturated carbocycles. The highest BCUT2D eigenvalue weighted by Gasteiger charge is 2.21. The Morgan fingerprint density at radius 3 is 2.71 bits per heavy atom. The van der Waals surface area contributed by atoms with Crippen LogP contribution in [0.1, 0.15) is 45.7 Å². The minimum atomic E-state index is -0.270. The van der Waals surface area contributed by atoms with Crippen molar-refractivity contribution in [1.29, 1.82) is 0 Å². The molecule has 200 valence electrons. The molecule has 1 aliphatic rings. The standard InChI is InChI=1S/C28H36N8O2/c1-7-9-25(32-34(18-37)20(5)6)36-26-24(27(38)35(36)13-8-2)16-29-28(31-26)30-23-11-10-21-12-14-33(19(3)4)17-22(21)15-23/h7-11,15-16,18-20H,2,12-14,17H2,1,3-6H3,(H,29,30,31)/b9-7-,32-25+. The lowest BCUT2D eigenvalue weighted by Crippen LogP contribution is -2.35. The molecule has 0 atom stereocenters. The average molecular weight is 517 g/mol. The third-order valence-electron chi connectivity index (χ3n) is 6.60. The van der Waals surface area contributed by atoms with E-state index in [9.17, 15) is 9.59 Å². The van der Waals surface area contributed by atoms with Gasteiger partial charge >= 0.3 is 0 Å². The Morgan fingerprint density at radius 2 is 2.05 bits per heavy atom. The third kappa shape index (κ3) is 5.45. The smallest absolute Gasteiger partial charge is 0.278 e. The minimum absolute atomic E-state index is 0.170. The van der Waals surface area contributed by atoms with E-state index in [-0.39, 0.29) is 18.1 Å². The predicted octanol–water partition coefficient (Wildman–Crippen LogP) is 3.89. The van der Waals surface area contributed by atoms with Gasteiger partial charge in [-0.3, -0.25) is 14.5 Å². The summed E-state index contributed by atoms with van der Waals surface area (Å²) in [6, 6.07) is 6.65. The summed E-state index contributed by atoms with van der Waals surface area (Å²) in [6.07, 6.45) is 8.37. The van der Waals surface area contributed by atoms with Crippen LogP contribution in [-0.2, 0) is 24.3 Å². The third-order valence-corrected chi connectivity index (χ3v) is 6.60. The molecular formula is C28H36N8O2. The molecule has 1 N–H and O–H groups in total. The summed E-state index contributed by atoms with van der Waals surface area (Å²) >= 11 is 0. The van der Waals surface area contributed by atoms with Crippen LogP contribution >= 0.6 is 0 Å². The van der Waals surface area contributed by atoms with Gasteiger partial charge in [-0.2, -0.15) is 10.1 Å². The lowest BCUT2D eigenvalue weighted by Gasteiger charge is -2.32. The number of anilines is 2. The van der Waals surface area contributed by atoms with Gasteiger partial charge in [0.05, 0.1) is 6.54 Å². The fourth-order valence-electron chi connectivity index (χ4n) is 4.51. The molecule has 0 fully saturated rings. The van der Waals surface area contributed by atoms with Crippen molar-refractivity contribution in [1.82, 2.24) is 29.2 Å². The summed E-state index contributed by atoms with van der Waals surface area (Å²) in [5.74, 6) is 0.726. The van der Waals surface area contributed by atoms with Gasteiger partial charge in [-0.15, -0.1) is 6.58 Å². The molecule has 4 rings (SSSR count). The van der Waals surface area contributed by atoms with Gasteiger partial charge in [-0.05, 0) is 70.4 Å². The van der Waals surface area contributed by atoms with Crippen LogP contribution in [0, 0.1) is 0 Å². The molecule has 10 nitrogen and oxygen atoms in total. The number of amides is 1. The first-order valence-corrected chi connectivity index (χ1v) is 12.9. The van der Waals surface area contributed by atoms with Gasteiger partial charge < -0.3 is 5.32 Å². The molecule has 3 heterocycles. The first kappa shape index (κ1) is 27.0. The van der Waals surface area contributed by atoms with Crippen LogP contribution in [0.5, 0.6) is 0 Å². The lowest BCUT2D eigenvalue weighted by molar-refractivity contribution is -0.119. The topological polar surface area (TPSA) is 101 Å². The van der Waals surface area contributed by atoms with Crippen molar-refractivity contribution in [3.05, 3.63) is 70.7 Å². The highest BCUT2D eigenvalue weighted by Crippen LogP contribution is 2.25. The van der Waals surface area contributed by atoms with Crippen molar-refractivity contribution in [2.45, 2.75) is 66.2 Å². The number of hydrazone groups is 1. The van der Waals surface area contributed by atoms with Crippen molar-refractivity contribution < 1.29 is 4.79 Å². The number of hydrogen-bond acceptors (Lipinski definition) is 7. The maximum atomic E-state index is 13.3. The Balaban J connectivity index is 1.79. The highest BCUT2D eigenvalue weighted by molar-refractivity contribution is 5.99. The summed E-state index contributed by atoms with van der Waals surface area (Å²) in [5, 5.41) is 9.48. The number of nitrogens with one attached hydrogen (secondary N) is 1. The van der Waals surface area contributed by atoms with E-state index in [1.54, 1.807) is 22.9 Å². The summed E-state index contributed by atoms with van der Waals surface area (Å²) < 4.78 is 3.09. The van der Waals surface area contributed by atoms with Gasteiger partial charge in [-0.25, -0.2) is 19.4 Å². The summed E-state index contributed by atoms with van der Waals surface area (Å²) in [5.41, 5.74) is 3.63. The number of benzene rings is 1. The molecule has 3 aromatic rings. The summed E-state index contributed by atoms with van der Waals surface area (Å²) in [7, 11) is 0. The molecule has 0 bridgehead atoms. The van der Waals surface area contributed by atoms with Crippen LogP contribution in [0.3, 0.4) is 0 Å².